The average molecular weight is 235 g/mol. The molecule has 0 amide bonds. The highest BCUT2D eigenvalue weighted by molar-refractivity contribution is 4.86. The van der Waals surface area contributed by atoms with E-state index < -0.39 is 0 Å². The van der Waals surface area contributed by atoms with Gasteiger partial charge >= 0.3 is 0 Å². The number of hydrogen-bond donors (Lipinski definition) is 1. The van der Waals surface area contributed by atoms with Crippen molar-refractivity contribution in [1.82, 2.24) is 9.97 Å². The summed E-state index contributed by atoms with van der Waals surface area (Å²) in [7, 11) is 0. The monoisotopic (exact) mass is 235 g/mol. The van der Waals surface area contributed by atoms with E-state index in [-0.39, 0.29) is 0 Å². The lowest BCUT2D eigenvalue weighted by molar-refractivity contribution is 0.0480. The first-order chi connectivity index (χ1) is 8.40. The van der Waals surface area contributed by atoms with Gasteiger partial charge in [-0.15, -0.1) is 0 Å². The molecule has 2 unspecified atom stereocenters. The van der Waals surface area contributed by atoms with Crippen molar-refractivity contribution in [2.75, 3.05) is 13.2 Å². The molecule has 0 spiro atoms. The zero-order chi connectivity index (χ0) is 11.9. The minimum absolute atomic E-state index is 0.509. The van der Waals surface area contributed by atoms with E-state index in [1.54, 1.807) is 12.4 Å². The Bertz CT molecular complexity index is 318. The van der Waals surface area contributed by atoms with Crippen LogP contribution in [0.2, 0.25) is 0 Å². The van der Waals surface area contributed by atoms with E-state index in [0.29, 0.717) is 18.4 Å². The predicted octanol–water partition coefficient (Wildman–Crippen LogP) is 1.76. The third-order valence-electron chi connectivity index (χ3n) is 3.55. The molecule has 17 heavy (non-hydrogen) atoms. The highest BCUT2D eigenvalue weighted by atomic mass is 16.5. The zero-order valence-electron chi connectivity index (χ0n) is 10.2. The van der Waals surface area contributed by atoms with Crippen LogP contribution in [0.3, 0.4) is 0 Å². The molecule has 0 aromatic carbocycles. The molecule has 1 heterocycles. The molecule has 0 saturated heterocycles. The number of hydrogen-bond acceptors (Lipinski definition) is 4. The van der Waals surface area contributed by atoms with Gasteiger partial charge in [0.1, 0.15) is 6.61 Å². The van der Waals surface area contributed by atoms with E-state index in [4.69, 9.17) is 10.5 Å². The van der Waals surface area contributed by atoms with Crippen LogP contribution in [0.25, 0.3) is 0 Å². The first-order valence-electron chi connectivity index (χ1n) is 6.44. The Kier molecular flexibility index (Phi) is 4.88. The van der Waals surface area contributed by atoms with Crippen LogP contribution in [0.5, 0.6) is 0 Å². The van der Waals surface area contributed by atoms with Gasteiger partial charge in [0.15, 0.2) is 5.82 Å². The Labute approximate surface area is 103 Å². The second kappa shape index (κ2) is 6.67. The maximum Gasteiger partial charge on any atom is 0.153 e. The molecular weight excluding hydrogens is 214 g/mol. The van der Waals surface area contributed by atoms with Gasteiger partial charge in [0.25, 0.3) is 0 Å². The van der Waals surface area contributed by atoms with Crippen molar-refractivity contribution in [1.29, 1.82) is 0 Å². The van der Waals surface area contributed by atoms with Gasteiger partial charge in [-0.25, -0.2) is 9.97 Å². The van der Waals surface area contributed by atoms with Crippen LogP contribution in [-0.4, -0.2) is 23.1 Å². The molecular formula is C13H21N3O. The Morgan fingerprint density at radius 1 is 1.18 bits per heavy atom. The summed E-state index contributed by atoms with van der Waals surface area (Å²) in [4.78, 5) is 8.28. The minimum atomic E-state index is 0.509. The summed E-state index contributed by atoms with van der Waals surface area (Å²) in [6.07, 6.45) is 8.63. The molecule has 94 valence electrons. The highest BCUT2D eigenvalue weighted by Gasteiger charge is 2.23. The topological polar surface area (TPSA) is 61.0 Å². The minimum Gasteiger partial charge on any atom is -0.373 e. The number of rotatable bonds is 5. The number of nitrogens with zero attached hydrogens (tertiary/aromatic N) is 2. The van der Waals surface area contributed by atoms with Crippen molar-refractivity contribution < 1.29 is 4.74 Å². The Morgan fingerprint density at radius 2 is 1.88 bits per heavy atom. The van der Waals surface area contributed by atoms with Gasteiger partial charge in [-0.3, -0.25) is 0 Å². The van der Waals surface area contributed by atoms with Crippen molar-refractivity contribution in [3.8, 4) is 0 Å². The van der Waals surface area contributed by atoms with Gasteiger partial charge in [-0.1, -0.05) is 12.8 Å². The Morgan fingerprint density at radius 3 is 2.59 bits per heavy atom. The van der Waals surface area contributed by atoms with Crippen LogP contribution >= 0.6 is 0 Å². The molecule has 4 heteroatoms. The summed E-state index contributed by atoms with van der Waals surface area (Å²) >= 11 is 0. The first kappa shape index (κ1) is 12.5. The van der Waals surface area contributed by atoms with Gasteiger partial charge in [0, 0.05) is 12.4 Å². The molecule has 0 bridgehead atoms. The fraction of sp³-hybridized carbons (Fsp3) is 0.692. The van der Waals surface area contributed by atoms with Crippen LogP contribution in [0.4, 0.5) is 0 Å². The van der Waals surface area contributed by atoms with Gasteiger partial charge in [-0.2, -0.15) is 0 Å². The molecule has 2 rings (SSSR count). The SMILES string of the molecule is NCC1CCCCC1COCc1ncccn1. The van der Waals surface area contributed by atoms with Crippen LogP contribution in [-0.2, 0) is 11.3 Å². The summed E-state index contributed by atoms with van der Waals surface area (Å²) in [5.74, 6) is 2.02. The zero-order valence-corrected chi connectivity index (χ0v) is 10.2. The third kappa shape index (κ3) is 3.75. The summed E-state index contributed by atoms with van der Waals surface area (Å²) in [5.41, 5.74) is 5.80. The second-order valence-electron chi connectivity index (χ2n) is 4.72. The molecule has 2 N–H and O–H groups in total. The van der Waals surface area contributed by atoms with E-state index in [0.717, 1.165) is 19.0 Å². The van der Waals surface area contributed by atoms with Crippen molar-refractivity contribution >= 4 is 0 Å². The molecule has 1 aliphatic carbocycles. The van der Waals surface area contributed by atoms with Crippen LogP contribution in [0.15, 0.2) is 18.5 Å². The van der Waals surface area contributed by atoms with Gasteiger partial charge in [-0.05, 0) is 37.3 Å². The van der Waals surface area contributed by atoms with Crippen LogP contribution in [0.1, 0.15) is 31.5 Å². The number of nitrogens with two attached hydrogens (primary N) is 1. The fourth-order valence-electron chi connectivity index (χ4n) is 2.52. The molecule has 0 aliphatic heterocycles. The van der Waals surface area contributed by atoms with Crippen LogP contribution < -0.4 is 5.73 Å². The first-order valence-corrected chi connectivity index (χ1v) is 6.44. The van der Waals surface area contributed by atoms with Crippen molar-refractivity contribution in [3.05, 3.63) is 24.3 Å². The average Bonchev–Trinajstić information content (AvgIpc) is 2.40. The van der Waals surface area contributed by atoms with Gasteiger partial charge < -0.3 is 10.5 Å². The van der Waals surface area contributed by atoms with Crippen LogP contribution in [0, 0.1) is 11.8 Å². The Hall–Kier alpha value is -1.00. The summed E-state index contributed by atoms with van der Waals surface area (Å²) < 4.78 is 5.71. The molecule has 0 radical (unpaired) electrons. The van der Waals surface area contributed by atoms with Crippen molar-refractivity contribution in [2.45, 2.75) is 32.3 Å². The smallest absolute Gasteiger partial charge is 0.153 e. The number of ether oxygens (including phenoxy) is 1. The summed E-state index contributed by atoms with van der Waals surface area (Å²) in [5, 5.41) is 0. The normalized spacial score (nSPS) is 24.8. The van der Waals surface area contributed by atoms with Crippen molar-refractivity contribution in [2.24, 2.45) is 17.6 Å². The lowest BCUT2D eigenvalue weighted by Crippen LogP contribution is -2.29. The van der Waals surface area contributed by atoms with E-state index in [1.807, 2.05) is 6.07 Å². The maximum atomic E-state index is 5.80. The van der Waals surface area contributed by atoms with E-state index in [1.165, 1.54) is 25.7 Å². The summed E-state index contributed by atoms with van der Waals surface area (Å²) in [6.45, 7) is 2.09. The molecule has 4 nitrogen and oxygen atoms in total. The van der Waals surface area contributed by atoms with Crippen molar-refractivity contribution in [3.63, 3.8) is 0 Å². The lowest BCUT2D eigenvalue weighted by Gasteiger charge is -2.30. The van der Waals surface area contributed by atoms with Gasteiger partial charge in [0.05, 0.1) is 6.61 Å². The van der Waals surface area contributed by atoms with E-state index in [2.05, 4.69) is 9.97 Å². The maximum absolute atomic E-state index is 5.80. The molecule has 1 saturated carbocycles. The molecule has 1 aromatic rings. The second-order valence-corrected chi connectivity index (χ2v) is 4.72. The molecule has 1 aliphatic rings. The standard InChI is InChI=1S/C13H21N3O/c14-8-11-4-1-2-5-12(11)9-17-10-13-15-6-3-7-16-13/h3,6-7,11-12H,1-2,4-5,8-10,14H2. The summed E-state index contributed by atoms with van der Waals surface area (Å²) in [6, 6.07) is 1.81. The van der Waals surface area contributed by atoms with E-state index in [9.17, 15) is 0 Å². The lowest BCUT2D eigenvalue weighted by atomic mass is 9.80. The number of aromatic nitrogens is 2. The third-order valence-corrected chi connectivity index (χ3v) is 3.55. The molecule has 2 atom stereocenters. The van der Waals surface area contributed by atoms with E-state index >= 15 is 0 Å². The van der Waals surface area contributed by atoms with Gasteiger partial charge in [0.2, 0.25) is 0 Å². The molecule has 1 aromatic heterocycles. The molecule has 1 fully saturated rings. The largest absolute Gasteiger partial charge is 0.373 e. The predicted molar refractivity (Wildman–Crippen MR) is 66.2 cm³/mol. The quantitative estimate of drug-likeness (QED) is 0.844. The Balaban J connectivity index is 1.74. The fourth-order valence-corrected chi connectivity index (χ4v) is 2.52. The highest BCUT2D eigenvalue weighted by Crippen LogP contribution is 2.29.